The van der Waals surface area contributed by atoms with Crippen molar-refractivity contribution < 1.29 is 9.47 Å². The maximum absolute atomic E-state index is 5.52. The van der Waals surface area contributed by atoms with E-state index in [0.717, 1.165) is 31.9 Å². The van der Waals surface area contributed by atoms with Gasteiger partial charge in [0.2, 0.25) is 0 Å². The second-order valence-corrected chi connectivity index (χ2v) is 4.44. The number of aryl methyl sites for hydroxylation is 1. The van der Waals surface area contributed by atoms with E-state index < -0.39 is 0 Å². The van der Waals surface area contributed by atoms with Gasteiger partial charge < -0.3 is 19.7 Å². The van der Waals surface area contributed by atoms with E-state index in [4.69, 9.17) is 9.47 Å². The number of hydrogen-bond donors (Lipinski definition) is 1. The van der Waals surface area contributed by atoms with Gasteiger partial charge in [-0.15, -0.1) is 0 Å². The predicted octanol–water partition coefficient (Wildman–Crippen LogP) is 1.78. The summed E-state index contributed by atoms with van der Waals surface area (Å²) >= 11 is 0. The number of nitrogens with zero attached hydrogens (tertiary/aromatic N) is 1. The van der Waals surface area contributed by atoms with Gasteiger partial charge in [0.25, 0.3) is 0 Å². The average molecular weight is 250 g/mol. The minimum Gasteiger partial charge on any atom is -0.468 e. The smallest absolute Gasteiger partial charge is 0.189 e. The Morgan fingerprint density at radius 1 is 1.28 bits per heavy atom. The molecular weight excluding hydrogens is 228 g/mol. The molecular formula is C14H22N2O2. The normalized spacial score (nSPS) is 15.8. The number of ether oxygens (including phenoxy) is 2. The molecule has 0 radical (unpaired) electrons. The molecule has 0 atom stereocenters. The van der Waals surface area contributed by atoms with Crippen LogP contribution in [0.1, 0.15) is 12.5 Å². The van der Waals surface area contributed by atoms with Crippen molar-refractivity contribution in [1.29, 1.82) is 0 Å². The number of hydrogen-bond acceptors (Lipinski definition) is 4. The molecule has 4 heteroatoms. The number of piperazine rings is 1. The highest BCUT2D eigenvalue weighted by atomic mass is 16.7. The van der Waals surface area contributed by atoms with E-state index in [1.807, 2.05) is 13.0 Å². The Balaban J connectivity index is 2.00. The molecule has 0 saturated carbocycles. The lowest BCUT2D eigenvalue weighted by atomic mass is 10.1. The fraction of sp³-hybridized carbons (Fsp3) is 0.571. The minimum atomic E-state index is 0.322. The molecule has 1 fully saturated rings. The van der Waals surface area contributed by atoms with Crippen LogP contribution < -0.4 is 15.0 Å². The highest BCUT2D eigenvalue weighted by molar-refractivity contribution is 5.56. The zero-order valence-electron chi connectivity index (χ0n) is 11.2. The molecule has 0 amide bonds. The van der Waals surface area contributed by atoms with Crippen LogP contribution in [0.15, 0.2) is 18.2 Å². The van der Waals surface area contributed by atoms with Gasteiger partial charge in [-0.2, -0.15) is 0 Å². The van der Waals surface area contributed by atoms with Crippen LogP contribution in [0.4, 0.5) is 5.69 Å². The van der Waals surface area contributed by atoms with E-state index in [9.17, 15) is 0 Å². The number of nitrogens with one attached hydrogen (secondary N) is 1. The molecule has 1 aliphatic heterocycles. The Labute approximate surface area is 109 Å². The highest BCUT2D eigenvalue weighted by Gasteiger charge is 2.12. The fourth-order valence-electron chi connectivity index (χ4n) is 2.17. The Morgan fingerprint density at radius 2 is 2.06 bits per heavy atom. The molecule has 1 heterocycles. The molecule has 0 unspecified atom stereocenters. The molecule has 0 bridgehead atoms. The first kappa shape index (κ1) is 13.2. The lowest BCUT2D eigenvalue weighted by Gasteiger charge is -2.30. The molecule has 0 aromatic heterocycles. The van der Waals surface area contributed by atoms with E-state index in [1.165, 1.54) is 11.3 Å². The third-order valence-electron chi connectivity index (χ3n) is 3.14. The zero-order valence-corrected chi connectivity index (χ0v) is 11.2. The highest BCUT2D eigenvalue weighted by Crippen LogP contribution is 2.25. The summed E-state index contributed by atoms with van der Waals surface area (Å²) in [7, 11) is 0. The summed E-state index contributed by atoms with van der Waals surface area (Å²) in [5, 5.41) is 3.37. The van der Waals surface area contributed by atoms with Crippen LogP contribution in [0.3, 0.4) is 0 Å². The van der Waals surface area contributed by atoms with Crippen molar-refractivity contribution in [3.8, 4) is 5.75 Å². The Kier molecular flexibility index (Phi) is 4.84. The first-order valence-corrected chi connectivity index (χ1v) is 6.58. The monoisotopic (exact) mass is 250 g/mol. The third-order valence-corrected chi connectivity index (χ3v) is 3.14. The van der Waals surface area contributed by atoms with Gasteiger partial charge in [0.15, 0.2) is 6.79 Å². The topological polar surface area (TPSA) is 33.7 Å². The average Bonchev–Trinajstić information content (AvgIpc) is 2.40. The van der Waals surface area contributed by atoms with Gasteiger partial charge in [-0.05, 0) is 37.6 Å². The molecule has 100 valence electrons. The summed E-state index contributed by atoms with van der Waals surface area (Å²) in [4.78, 5) is 2.41. The lowest BCUT2D eigenvalue weighted by Crippen LogP contribution is -2.43. The van der Waals surface area contributed by atoms with Gasteiger partial charge in [-0.25, -0.2) is 0 Å². The Hall–Kier alpha value is -1.26. The molecule has 4 nitrogen and oxygen atoms in total. The van der Waals surface area contributed by atoms with Crippen molar-refractivity contribution in [3.63, 3.8) is 0 Å². The van der Waals surface area contributed by atoms with Crippen LogP contribution in [-0.2, 0) is 4.74 Å². The van der Waals surface area contributed by atoms with Gasteiger partial charge >= 0.3 is 0 Å². The van der Waals surface area contributed by atoms with E-state index in [2.05, 4.69) is 29.3 Å². The zero-order chi connectivity index (χ0) is 12.8. The number of rotatable bonds is 5. The van der Waals surface area contributed by atoms with E-state index in [1.54, 1.807) is 0 Å². The molecule has 1 N–H and O–H groups in total. The molecule has 0 spiro atoms. The van der Waals surface area contributed by atoms with Crippen molar-refractivity contribution in [1.82, 2.24) is 5.32 Å². The fourth-order valence-corrected chi connectivity index (χ4v) is 2.17. The second kappa shape index (κ2) is 6.61. The first-order valence-electron chi connectivity index (χ1n) is 6.58. The molecule has 0 aliphatic carbocycles. The summed E-state index contributed by atoms with van der Waals surface area (Å²) in [5.41, 5.74) is 2.56. The molecule has 1 aromatic rings. The van der Waals surface area contributed by atoms with Crippen LogP contribution in [0.2, 0.25) is 0 Å². The second-order valence-electron chi connectivity index (χ2n) is 4.44. The summed E-state index contributed by atoms with van der Waals surface area (Å²) in [6, 6.07) is 6.24. The summed E-state index contributed by atoms with van der Waals surface area (Å²) in [6.07, 6.45) is 0. The SMILES string of the molecule is CCOCOc1ccc(N2CCNCC2)c(C)c1. The largest absolute Gasteiger partial charge is 0.468 e. The first-order chi connectivity index (χ1) is 8.81. The van der Waals surface area contributed by atoms with Gasteiger partial charge in [0.05, 0.1) is 0 Å². The Morgan fingerprint density at radius 3 is 2.72 bits per heavy atom. The molecule has 1 aromatic carbocycles. The maximum Gasteiger partial charge on any atom is 0.189 e. The summed E-state index contributed by atoms with van der Waals surface area (Å²) < 4.78 is 10.7. The van der Waals surface area contributed by atoms with Crippen molar-refractivity contribution in [2.75, 3.05) is 44.5 Å². The van der Waals surface area contributed by atoms with Crippen molar-refractivity contribution in [2.45, 2.75) is 13.8 Å². The van der Waals surface area contributed by atoms with Crippen LogP contribution >= 0.6 is 0 Å². The predicted molar refractivity (Wildman–Crippen MR) is 73.4 cm³/mol. The van der Waals surface area contributed by atoms with Crippen LogP contribution in [-0.4, -0.2) is 39.6 Å². The van der Waals surface area contributed by atoms with Gasteiger partial charge in [0.1, 0.15) is 5.75 Å². The molecule has 2 rings (SSSR count). The summed E-state index contributed by atoms with van der Waals surface area (Å²) in [5.74, 6) is 0.875. The number of anilines is 1. The standard InChI is InChI=1S/C14H22N2O2/c1-3-17-11-18-13-4-5-14(12(2)10-13)16-8-6-15-7-9-16/h4-5,10,15H,3,6-9,11H2,1-2H3. The third kappa shape index (κ3) is 3.37. The van der Waals surface area contributed by atoms with Gasteiger partial charge in [-0.1, -0.05) is 0 Å². The van der Waals surface area contributed by atoms with Crippen LogP contribution in [0.25, 0.3) is 0 Å². The van der Waals surface area contributed by atoms with E-state index >= 15 is 0 Å². The minimum absolute atomic E-state index is 0.322. The Bertz CT molecular complexity index is 376. The number of benzene rings is 1. The summed E-state index contributed by atoms with van der Waals surface area (Å²) in [6.45, 7) is 9.35. The van der Waals surface area contributed by atoms with Gasteiger partial charge in [-0.3, -0.25) is 0 Å². The van der Waals surface area contributed by atoms with Gasteiger partial charge in [0, 0.05) is 38.5 Å². The lowest BCUT2D eigenvalue weighted by molar-refractivity contribution is 0.0224. The van der Waals surface area contributed by atoms with Crippen LogP contribution in [0, 0.1) is 6.92 Å². The molecule has 1 aliphatic rings. The molecule has 18 heavy (non-hydrogen) atoms. The van der Waals surface area contributed by atoms with Crippen molar-refractivity contribution in [3.05, 3.63) is 23.8 Å². The van der Waals surface area contributed by atoms with E-state index in [-0.39, 0.29) is 0 Å². The van der Waals surface area contributed by atoms with Crippen LogP contribution in [0.5, 0.6) is 5.75 Å². The van der Waals surface area contributed by atoms with E-state index in [0.29, 0.717) is 13.4 Å². The van der Waals surface area contributed by atoms with Crippen molar-refractivity contribution >= 4 is 5.69 Å². The quantitative estimate of drug-likeness (QED) is 0.638. The molecule has 1 saturated heterocycles. The maximum atomic E-state index is 5.52. The van der Waals surface area contributed by atoms with Crippen molar-refractivity contribution in [2.24, 2.45) is 0 Å².